The first-order chi connectivity index (χ1) is 24.8. The summed E-state index contributed by atoms with van der Waals surface area (Å²) in [6.45, 7) is 5.28. The lowest BCUT2D eigenvalue weighted by molar-refractivity contribution is -0.206. The molecule has 2 aromatic carbocycles. The number of hydrogen-bond acceptors (Lipinski definition) is 10. The molecule has 2 heterocycles. The molecule has 16 heteroatoms. The van der Waals surface area contributed by atoms with E-state index in [9.17, 15) is 29.4 Å². The second kappa shape index (κ2) is 18.6. The van der Waals surface area contributed by atoms with Crippen molar-refractivity contribution in [2.24, 2.45) is 11.5 Å². The highest BCUT2D eigenvalue weighted by Gasteiger charge is 2.38. The summed E-state index contributed by atoms with van der Waals surface area (Å²) in [6, 6.07) is 14.8. The molecule has 2 aliphatic heterocycles. The van der Waals surface area contributed by atoms with Crippen LogP contribution in [0.3, 0.4) is 0 Å². The number of carbonyl (C=O) groups excluding carboxylic acids is 4. The fourth-order valence-electron chi connectivity index (χ4n) is 5.70. The number of ether oxygens (including phenoxy) is 2. The van der Waals surface area contributed by atoms with E-state index in [2.05, 4.69) is 22.5 Å². The van der Waals surface area contributed by atoms with Gasteiger partial charge in [-0.25, -0.2) is 9.59 Å². The summed E-state index contributed by atoms with van der Waals surface area (Å²) in [5, 5.41) is 27.1. The largest absolute Gasteiger partial charge is 0.358 e. The lowest BCUT2D eigenvalue weighted by Gasteiger charge is -2.37. The molecule has 2 aliphatic rings. The zero-order chi connectivity index (χ0) is 37.7. The Bertz CT molecular complexity index is 1490. The standard InChI is InChI=1S/C36H50N8O8/c1-35(49,31(45)41-11-15-43(16-12-41)33(47)39-25-29-9-5-7-27(21-29)23-37)51-19-3-4-20-52-36(2,50)32(46)42-13-17-44(18-14-42)34(48)40-26-30-10-6-8-28(22-30)24-38/h5-10,21-22,49-50H,11-20,23-26,37-38H2,1-2H3,(H,39,47)(H,40,48). The van der Waals surface area contributed by atoms with Crippen LogP contribution in [0, 0.1) is 11.8 Å². The van der Waals surface area contributed by atoms with Gasteiger partial charge in [-0.15, -0.1) is 0 Å². The van der Waals surface area contributed by atoms with E-state index in [4.69, 9.17) is 20.9 Å². The second-order valence-electron chi connectivity index (χ2n) is 12.8. The molecule has 2 fully saturated rings. The van der Waals surface area contributed by atoms with Crippen LogP contribution in [0.25, 0.3) is 0 Å². The number of carbonyl (C=O) groups is 4. The number of hydrogen-bond donors (Lipinski definition) is 6. The molecule has 8 N–H and O–H groups in total. The van der Waals surface area contributed by atoms with Gasteiger partial charge in [0, 0.05) is 78.5 Å². The minimum Gasteiger partial charge on any atom is -0.358 e. The van der Waals surface area contributed by atoms with Gasteiger partial charge in [-0.3, -0.25) is 9.59 Å². The van der Waals surface area contributed by atoms with Crippen LogP contribution >= 0.6 is 0 Å². The average molecular weight is 723 g/mol. The Labute approximate surface area is 304 Å². The number of benzene rings is 2. The molecule has 0 radical (unpaired) electrons. The molecule has 16 nitrogen and oxygen atoms in total. The third-order valence-electron chi connectivity index (χ3n) is 8.82. The molecule has 2 aromatic rings. The van der Waals surface area contributed by atoms with Crippen molar-refractivity contribution in [3.8, 4) is 11.8 Å². The van der Waals surface area contributed by atoms with Gasteiger partial charge in [-0.1, -0.05) is 60.4 Å². The molecule has 2 atom stereocenters. The molecule has 0 saturated carbocycles. The summed E-state index contributed by atoms with van der Waals surface area (Å²) < 4.78 is 10.7. The van der Waals surface area contributed by atoms with E-state index in [1.807, 2.05) is 48.5 Å². The normalized spacial score (nSPS) is 17.0. The lowest BCUT2D eigenvalue weighted by atomic mass is 10.1. The van der Waals surface area contributed by atoms with Crippen molar-refractivity contribution in [2.75, 3.05) is 65.6 Å². The number of urea groups is 2. The maximum Gasteiger partial charge on any atom is 0.317 e. The van der Waals surface area contributed by atoms with E-state index in [-0.39, 0.29) is 77.6 Å². The minimum atomic E-state index is -2.16. The van der Waals surface area contributed by atoms with Crippen LogP contribution < -0.4 is 22.1 Å². The van der Waals surface area contributed by atoms with E-state index in [0.29, 0.717) is 26.2 Å². The first kappa shape index (κ1) is 40.0. The van der Waals surface area contributed by atoms with Gasteiger partial charge in [0.05, 0.1) is 0 Å². The molecule has 0 bridgehead atoms. The summed E-state index contributed by atoms with van der Waals surface area (Å²) in [4.78, 5) is 57.2. The van der Waals surface area contributed by atoms with E-state index in [1.165, 1.54) is 23.6 Å². The fourth-order valence-corrected chi connectivity index (χ4v) is 5.70. The van der Waals surface area contributed by atoms with Crippen LogP contribution in [-0.4, -0.2) is 131 Å². The molecule has 52 heavy (non-hydrogen) atoms. The number of nitrogens with zero attached hydrogens (tertiary/aromatic N) is 4. The first-order valence-electron chi connectivity index (χ1n) is 17.2. The molecule has 6 amide bonds. The Morgan fingerprint density at radius 2 is 0.962 bits per heavy atom. The van der Waals surface area contributed by atoms with Gasteiger partial charge >= 0.3 is 12.1 Å². The number of aliphatic hydroxyl groups is 2. The smallest absolute Gasteiger partial charge is 0.317 e. The topological polar surface area (TPSA) is 216 Å². The third kappa shape index (κ3) is 11.4. The highest BCUT2D eigenvalue weighted by Crippen LogP contribution is 2.15. The van der Waals surface area contributed by atoms with Crippen LogP contribution in [0.2, 0.25) is 0 Å². The minimum absolute atomic E-state index is 0.212. The molecule has 0 spiro atoms. The van der Waals surface area contributed by atoms with Gasteiger partial charge in [0.25, 0.3) is 11.8 Å². The zero-order valence-corrected chi connectivity index (χ0v) is 29.8. The summed E-state index contributed by atoms with van der Waals surface area (Å²) in [6.07, 6.45) is 0. The number of nitrogens with two attached hydrogens (primary N) is 2. The van der Waals surface area contributed by atoms with E-state index >= 15 is 0 Å². The number of nitrogens with one attached hydrogen (secondary N) is 2. The van der Waals surface area contributed by atoms with E-state index in [0.717, 1.165) is 22.3 Å². The molecule has 2 unspecified atom stereocenters. The molecule has 282 valence electrons. The van der Waals surface area contributed by atoms with Gasteiger partial charge in [0.2, 0.25) is 11.6 Å². The summed E-state index contributed by atoms with van der Waals surface area (Å²) in [5.74, 6) is -0.433. The summed E-state index contributed by atoms with van der Waals surface area (Å²) in [7, 11) is 0. The first-order valence-corrected chi connectivity index (χ1v) is 17.2. The zero-order valence-electron chi connectivity index (χ0n) is 29.8. The van der Waals surface area contributed by atoms with Gasteiger partial charge in [0.1, 0.15) is 13.2 Å². The van der Waals surface area contributed by atoms with Crippen LogP contribution in [0.4, 0.5) is 9.59 Å². The monoisotopic (exact) mass is 722 g/mol. The molecule has 4 rings (SSSR count). The lowest BCUT2D eigenvalue weighted by Crippen LogP contribution is -2.57. The van der Waals surface area contributed by atoms with Crippen molar-refractivity contribution in [2.45, 2.75) is 51.6 Å². The van der Waals surface area contributed by atoms with Gasteiger partial charge in [0.15, 0.2) is 0 Å². The van der Waals surface area contributed by atoms with Crippen molar-refractivity contribution in [1.29, 1.82) is 0 Å². The molecule has 0 aliphatic carbocycles. The number of amides is 6. The van der Waals surface area contributed by atoms with Gasteiger partial charge in [-0.2, -0.15) is 0 Å². The van der Waals surface area contributed by atoms with E-state index < -0.39 is 23.4 Å². The van der Waals surface area contributed by atoms with Crippen LogP contribution in [0.1, 0.15) is 36.1 Å². The summed E-state index contributed by atoms with van der Waals surface area (Å²) in [5.41, 5.74) is 15.2. The maximum atomic E-state index is 13.0. The molecular weight excluding hydrogens is 672 g/mol. The average Bonchev–Trinajstić information content (AvgIpc) is 3.16. The summed E-state index contributed by atoms with van der Waals surface area (Å²) >= 11 is 0. The number of rotatable bonds is 12. The van der Waals surface area contributed by atoms with Crippen LogP contribution in [0.5, 0.6) is 0 Å². The van der Waals surface area contributed by atoms with Crippen LogP contribution in [-0.2, 0) is 45.2 Å². The number of piperazine rings is 2. The highest BCUT2D eigenvalue weighted by atomic mass is 16.6. The van der Waals surface area contributed by atoms with Crippen molar-refractivity contribution in [3.63, 3.8) is 0 Å². The Hall–Kier alpha value is -4.76. The van der Waals surface area contributed by atoms with Crippen LogP contribution in [0.15, 0.2) is 48.5 Å². The Kier molecular flexibility index (Phi) is 14.4. The van der Waals surface area contributed by atoms with Gasteiger partial charge < -0.3 is 61.4 Å². The second-order valence-corrected chi connectivity index (χ2v) is 12.8. The Morgan fingerprint density at radius 3 is 1.31 bits per heavy atom. The van der Waals surface area contributed by atoms with Gasteiger partial charge in [-0.05, 0) is 36.1 Å². The third-order valence-corrected chi connectivity index (χ3v) is 8.82. The van der Waals surface area contributed by atoms with Crippen molar-refractivity contribution in [1.82, 2.24) is 30.2 Å². The highest BCUT2D eigenvalue weighted by molar-refractivity contribution is 5.84. The molecular formula is C36H50N8O8. The predicted octanol–water partition coefficient (Wildman–Crippen LogP) is -0.535. The Balaban J connectivity index is 1.12. The predicted molar refractivity (Wildman–Crippen MR) is 190 cm³/mol. The maximum absolute atomic E-state index is 13.0. The van der Waals surface area contributed by atoms with Crippen molar-refractivity contribution >= 4 is 23.9 Å². The molecule has 2 saturated heterocycles. The fraction of sp³-hybridized carbons (Fsp3) is 0.500. The van der Waals surface area contributed by atoms with Crippen molar-refractivity contribution < 1.29 is 38.9 Å². The van der Waals surface area contributed by atoms with Crippen molar-refractivity contribution in [3.05, 3.63) is 70.8 Å². The quantitative estimate of drug-likeness (QED) is 0.122. The SMILES string of the molecule is CC(O)(OCC#CCOC(C)(O)C(=O)N1CCN(C(=O)NCc2cccc(CN)c2)CC1)C(=O)N1CCN(C(=O)NCc2cccc(CN)c2)CC1. The molecule has 0 aromatic heterocycles. The Morgan fingerprint density at radius 1 is 0.635 bits per heavy atom. The van der Waals surface area contributed by atoms with E-state index in [1.54, 1.807) is 9.80 Å².